The fourth-order valence-corrected chi connectivity index (χ4v) is 3.97. The first-order valence-corrected chi connectivity index (χ1v) is 7.86. The summed E-state index contributed by atoms with van der Waals surface area (Å²) in [6, 6.07) is 0.247. The fourth-order valence-electron chi connectivity index (χ4n) is 3.21. The molecule has 0 amide bonds. The molecule has 1 saturated carbocycles. The predicted molar refractivity (Wildman–Crippen MR) is 74.6 cm³/mol. The first kappa shape index (κ1) is 13.3. The van der Waals surface area contributed by atoms with Crippen molar-refractivity contribution in [2.45, 2.75) is 44.8 Å². The highest BCUT2D eigenvalue weighted by molar-refractivity contribution is 7.09. The second-order valence-electron chi connectivity index (χ2n) is 5.48. The van der Waals surface area contributed by atoms with Crippen molar-refractivity contribution in [1.29, 1.82) is 0 Å². The van der Waals surface area contributed by atoms with E-state index < -0.39 is 0 Å². The number of aromatic nitrogens is 2. The molecule has 1 saturated heterocycles. The van der Waals surface area contributed by atoms with Gasteiger partial charge in [0.1, 0.15) is 5.82 Å². The van der Waals surface area contributed by atoms with Crippen LogP contribution in [0, 0.1) is 12.8 Å². The molecule has 3 rings (SSSR count). The maximum Gasteiger partial charge on any atom is 0.205 e. The van der Waals surface area contributed by atoms with Gasteiger partial charge in [-0.25, -0.2) is 4.98 Å². The summed E-state index contributed by atoms with van der Waals surface area (Å²) in [6.45, 7) is 4.20. The van der Waals surface area contributed by atoms with Crippen molar-refractivity contribution in [3.8, 4) is 0 Å². The van der Waals surface area contributed by atoms with Crippen LogP contribution in [0.2, 0.25) is 0 Å². The number of aliphatic hydroxyl groups excluding tert-OH is 1. The average Bonchev–Trinajstić information content (AvgIpc) is 2.86. The van der Waals surface area contributed by atoms with E-state index in [1.807, 2.05) is 6.92 Å². The van der Waals surface area contributed by atoms with E-state index in [9.17, 15) is 5.11 Å². The Hall–Kier alpha value is -0.720. The molecule has 2 fully saturated rings. The zero-order valence-corrected chi connectivity index (χ0v) is 12.1. The molecular formula is C13H21N3O2S. The molecule has 0 unspecified atom stereocenters. The molecule has 1 aromatic rings. The number of anilines is 1. The Morgan fingerprint density at radius 1 is 1.37 bits per heavy atom. The monoisotopic (exact) mass is 283 g/mol. The summed E-state index contributed by atoms with van der Waals surface area (Å²) in [5.41, 5.74) is 0. The van der Waals surface area contributed by atoms with Gasteiger partial charge in [-0.15, -0.1) is 0 Å². The van der Waals surface area contributed by atoms with E-state index in [0.29, 0.717) is 12.5 Å². The third-order valence-electron chi connectivity index (χ3n) is 4.20. The second-order valence-corrected chi connectivity index (χ2v) is 6.21. The molecule has 5 nitrogen and oxygen atoms in total. The molecule has 0 bridgehead atoms. The first-order valence-electron chi connectivity index (χ1n) is 7.08. The number of nitrogens with zero attached hydrogens (tertiary/aromatic N) is 3. The average molecular weight is 283 g/mol. The molecule has 0 aromatic carbocycles. The molecule has 6 heteroatoms. The number of hydrogen-bond acceptors (Lipinski definition) is 6. The van der Waals surface area contributed by atoms with Crippen molar-refractivity contribution in [2.24, 2.45) is 5.92 Å². The minimum Gasteiger partial charge on any atom is -0.393 e. The van der Waals surface area contributed by atoms with Crippen molar-refractivity contribution in [3.05, 3.63) is 5.82 Å². The minimum atomic E-state index is -0.197. The van der Waals surface area contributed by atoms with Crippen molar-refractivity contribution < 1.29 is 9.84 Å². The van der Waals surface area contributed by atoms with Gasteiger partial charge in [-0.3, -0.25) is 0 Å². The molecule has 0 spiro atoms. The zero-order chi connectivity index (χ0) is 13.2. The Bertz CT molecular complexity index is 426. The van der Waals surface area contributed by atoms with Crippen molar-refractivity contribution >= 4 is 16.7 Å². The quantitative estimate of drug-likeness (QED) is 0.893. The zero-order valence-electron chi connectivity index (χ0n) is 11.3. The number of aryl methyl sites for hydroxylation is 1. The summed E-state index contributed by atoms with van der Waals surface area (Å²) in [4.78, 5) is 6.80. The van der Waals surface area contributed by atoms with E-state index >= 15 is 0 Å². The van der Waals surface area contributed by atoms with Gasteiger partial charge in [0, 0.05) is 24.0 Å². The molecule has 1 aromatic heterocycles. The summed E-state index contributed by atoms with van der Waals surface area (Å²) in [7, 11) is 0. The molecule has 1 N–H and O–H groups in total. The van der Waals surface area contributed by atoms with Crippen LogP contribution in [0.5, 0.6) is 0 Å². The number of rotatable bonds is 2. The van der Waals surface area contributed by atoms with E-state index in [4.69, 9.17) is 4.74 Å². The van der Waals surface area contributed by atoms with Gasteiger partial charge in [-0.2, -0.15) is 4.37 Å². The van der Waals surface area contributed by atoms with Crippen LogP contribution in [-0.4, -0.2) is 46.4 Å². The summed E-state index contributed by atoms with van der Waals surface area (Å²) in [6.07, 6.45) is 4.16. The normalized spacial score (nSPS) is 32.5. The van der Waals surface area contributed by atoms with E-state index in [-0.39, 0.29) is 12.1 Å². The van der Waals surface area contributed by atoms with Crippen LogP contribution in [0.25, 0.3) is 0 Å². The van der Waals surface area contributed by atoms with Crippen molar-refractivity contribution in [3.63, 3.8) is 0 Å². The van der Waals surface area contributed by atoms with E-state index in [1.54, 1.807) is 0 Å². The lowest BCUT2D eigenvalue weighted by molar-refractivity contribution is 0.00866. The highest BCUT2D eigenvalue weighted by atomic mass is 32.1. The van der Waals surface area contributed by atoms with E-state index in [2.05, 4.69) is 14.3 Å². The highest BCUT2D eigenvalue weighted by Gasteiger charge is 2.37. The number of aliphatic hydroxyl groups is 1. The molecule has 19 heavy (non-hydrogen) atoms. The number of hydrogen-bond donors (Lipinski definition) is 1. The topological polar surface area (TPSA) is 58.5 Å². The minimum absolute atomic E-state index is 0.197. The molecule has 106 valence electrons. The van der Waals surface area contributed by atoms with Crippen LogP contribution >= 0.6 is 11.5 Å². The van der Waals surface area contributed by atoms with Crippen LogP contribution in [0.4, 0.5) is 5.13 Å². The Kier molecular flexibility index (Phi) is 4.00. The van der Waals surface area contributed by atoms with Crippen LogP contribution in [0.1, 0.15) is 31.5 Å². The van der Waals surface area contributed by atoms with Gasteiger partial charge in [-0.05, 0) is 19.8 Å². The molecule has 1 aliphatic heterocycles. The molecule has 3 atom stereocenters. The Morgan fingerprint density at radius 2 is 2.21 bits per heavy atom. The lowest BCUT2D eigenvalue weighted by atomic mass is 9.81. The SMILES string of the molecule is Cc1nsc(N2CCOC[C@@H]2[C@@H]2CCCC[C@H]2O)n1. The summed E-state index contributed by atoms with van der Waals surface area (Å²) in [5.74, 6) is 1.13. The van der Waals surface area contributed by atoms with Crippen LogP contribution in [0.3, 0.4) is 0 Å². The Labute approximate surface area is 117 Å². The van der Waals surface area contributed by atoms with Crippen LogP contribution < -0.4 is 4.90 Å². The third kappa shape index (κ3) is 2.75. The molecule has 2 aliphatic rings. The van der Waals surface area contributed by atoms with Crippen LogP contribution in [0.15, 0.2) is 0 Å². The highest BCUT2D eigenvalue weighted by Crippen LogP contribution is 2.33. The van der Waals surface area contributed by atoms with Gasteiger partial charge < -0.3 is 14.7 Å². The van der Waals surface area contributed by atoms with Gasteiger partial charge in [0.2, 0.25) is 5.13 Å². The van der Waals surface area contributed by atoms with E-state index in [1.165, 1.54) is 18.0 Å². The molecule has 1 aliphatic carbocycles. The number of morpholine rings is 1. The van der Waals surface area contributed by atoms with Gasteiger partial charge in [0.05, 0.1) is 25.4 Å². The fraction of sp³-hybridized carbons (Fsp3) is 0.846. The molecule has 0 radical (unpaired) electrons. The second kappa shape index (κ2) is 5.73. The Balaban J connectivity index is 1.80. The Morgan fingerprint density at radius 3 is 2.95 bits per heavy atom. The van der Waals surface area contributed by atoms with Crippen molar-refractivity contribution in [2.75, 3.05) is 24.7 Å². The van der Waals surface area contributed by atoms with E-state index in [0.717, 1.165) is 43.4 Å². The lowest BCUT2D eigenvalue weighted by Crippen LogP contribution is -2.53. The maximum absolute atomic E-state index is 10.3. The summed E-state index contributed by atoms with van der Waals surface area (Å²) < 4.78 is 9.92. The van der Waals surface area contributed by atoms with Crippen molar-refractivity contribution in [1.82, 2.24) is 9.36 Å². The van der Waals surface area contributed by atoms with Gasteiger partial charge in [-0.1, -0.05) is 12.8 Å². The van der Waals surface area contributed by atoms with Crippen LogP contribution in [-0.2, 0) is 4.74 Å². The standard InChI is InChI=1S/C13H21N3O2S/c1-9-14-13(19-15-9)16-6-7-18-8-11(16)10-4-2-3-5-12(10)17/h10-12,17H,2-8H2,1H3/t10-,11+,12+/m0/s1. The summed E-state index contributed by atoms with van der Waals surface area (Å²) >= 11 is 1.45. The molecular weight excluding hydrogens is 262 g/mol. The lowest BCUT2D eigenvalue weighted by Gasteiger charge is -2.43. The van der Waals surface area contributed by atoms with Gasteiger partial charge >= 0.3 is 0 Å². The molecule has 2 heterocycles. The largest absolute Gasteiger partial charge is 0.393 e. The third-order valence-corrected chi connectivity index (χ3v) is 5.05. The number of ether oxygens (including phenoxy) is 1. The van der Waals surface area contributed by atoms with Gasteiger partial charge in [0.15, 0.2) is 0 Å². The maximum atomic E-state index is 10.3. The van der Waals surface area contributed by atoms with Gasteiger partial charge in [0.25, 0.3) is 0 Å². The first-order chi connectivity index (χ1) is 9.25. The summed E-state index contributed by atoms with van der Waals surface area (Å²) in [5, 5.41) is 11.3. The smallest absolute Gasteiger partial charge is 0.205 e. The predicted octanol–water partition coefficient (Wildman–Crippen LogP) is 1.60.